The largest absolute Gasteiger partial charge is 0.324 e. The van der Waals surface area contributed by atoms with Gasteiger partial charge in [0.15, 0.2) is 0 Å². The quantitative estimate of drug-likeness (QED) is 0.828. The average molecular weight is 214 g/mol. The van der Waals surface area contributed by atoms with Gasteiger partial charge in [0, 0.05) is 30.7 Å². The molecule has 84 valence electrons. The fraction of sp³-hybridized carbons (Fsp3) is 0.286. The average Bonchev–Trinajstić information content (AvgIpc) is 2.80. The Hall–Kier alpha value is -1.54. The van der Waals surface area contributed by atoms with Crippen LogP contribution in [0.5, 0.6) is 0 Å². The van der Waals surface area contributed by atoms with Gasteiger partial charge < -0.3 is 9.88 Å². The van der Waals surface area contributed by atoms with Crippen molar-refractivity contribution in [3.05, 3.63) is 54.4 Å². The number of nitrogens with zero attached hydrogens (tertiary/aromatic N) is 1. The van der Waals surface area contributed by atoms with E-state index in [1.165, 1.54) is 11.3 Å². The van der Waals surface area contributed by atoms with Crippen molar-refractivity contribution in [2.45, 2.75) is 26.4 Å². The first-order valence-electron chi connectivity index (χ1n) is 5.71. The maximum absolute atomic E-state index is 3.43. The minimum Gasteiger partial charge on any atom is -0.324 e. The molecule has 0 unspecified atom stereocenters. The molecule has 0 aliphatic heterocycles. The van der Waals surface area contributed by atoms with Gasteiger partial charge in [-0.3, -0.25) is 0 Å². The third-order valence-corrected chi connectivity index (χ3v) is 2.53. The molecule has 0 saturated heterocycles. The smallest absolute Gasteiger partial charge is 0.0452 e. The van der Waals surface area contributed by atoms with Crippen LogP contribution >= 0.6 is 0 Å². The van der Waals surface area contributed by atoms with E-state index in [0.717, 1.165) is 6.54 Å². The Kier molecular flexibility index (Phi) is 3.42. The summed E-state index contributed by atoms with van der Waals surface area (Å²) in [5.74, 6) is 0. The maximum Gasteiger partial charge on any atom is 0.0452 e. The van der Waals surface area contributed by atoms with Gasteiger partial charge in [-0.05, 0) is 29.8 Å². The van der Waals surface area contributed by atoms with Crippen molar-refractivity contribution in [3.8, 4) is 5.69 Å². The van der Waals surface area contributed by atoms with Crippen LogP contribution in [0.1, 0.15) is 19.4 Å². The van der Waals surface area contributed by atoms with Crippen molar-refractivity contribution in [2.75, 3.05) is 0 Å². The van der Waals surface area contributed by atoms with Gasteiger partial charge in [0.25, 0.3) is 0 Å². The second kappa shape index (κ2) is 4.99. The third kappa shape index (κ3) is 2.74. The first-order chi connectivity index (χ1) is 7.75. The summed E-state index contributed by atoms with van der Waals surface area (Å²) >= 11 is 0. The molecule has 2 nitrogen and oxygen atoms in total. The standard InChI is InChI=1S/C14H18N2/c1-12(2)15-11-13-6-5-7-14(10-13)16-8-3-4-9-16/h3-10,12,15H,11H2,1-2H3. The molecule has 1 aromatic carbocycles. The zero-order valence-electron chi connectivity index (χ0n) is 9.85. The Morgan fingerprint density at radius 1 is 1.12 bits per heavy atom. The van der Waals surface area contributed by atoms with Crippen molar-refractivity contribution in [1.82, 2.24) is 9.88 Å². The highest BCUT2D eigenvalue weighted by Gasteiger charge is 1.98. The van der Waals surface area contributed by atoms with Crippen molar-refractivity contribution >= 4 is 0 Å². The predicted octanol–water partition coefficient (Wildman–Crippen LogP) is 2.98. The molecule has 0 bridgehead atoms. The van der Waals surface area contributed by atoms with Crippen LogP contribution in [-0.4, -0.2) is 10.6 Å². The lowest BCUT2D eigenvalue weighted by Gasteiger charge is -2.10. The zero-order chi connectivity index (χ0) is 11.4. The van der Waals surface area contributed by atoms with Gasteiger partial charge in [-0.2, -0.15) is 0 Å². The first-order valence-corrected chi connectivity index (χ1v) is 5.71. The molecule has 0 amide bonds. The number of aromatic nitrogens is 1. The molecule has 0 saturated carbocycles. The molecule has 2 heteroatoms. The van der Waals surface area contributed by atoms with Crippen LogP contribution in [0.4, 0.5) is 0 Å². The lowest BCUT2D eigenvalue weighted by atomic mass is 10.2. The summed E-state index contributed by atoms with van der Waals surface area (Å²) in [7, 11) is 0. The molecule has 0 spiro atoms. The van der Waals surface area contributed by atoms with Gasteiger partial charge in [-0.1, -0.05) is 26.0 Å². The van der Waals surface area contributed by atoms with Gasteiger partial charge in [-0.15, -0.1) is 0 Å². The molecule has 2 aromatic rings. The van der Waals surface area contributed by atoms with E-state index in [1.807, 2.05) is 12.1 Å². The van der Waals surface area contributed by atoms with E-state index in [4.69, 9.17) is 0 Å². The summed E-state index contributed by atoms with van der Waals surface area (Å²) in [5, 5.41) is 3.43. The number of hydrogen-bond acceptors (Lipinski definition) is 1. The van der Waals surface area contributed by atoms with E-state index >= 15 is 0 Å². The van der Waals surface area contributed by atoms with Crippen molar-refractivity contribution in [2.24, 2.45) is 0 Å². The van der Waals surface area contributed by atoms with E-state index < -0.39 is 0 Å². The van der Waals surface area contributed by atoms with Crippen LogP contribution in [0.3, 0.4) is 0 Å². The Morgan fingerprint density at radius 3 is 2.56 bits per heavy atom. The topological polar surface area (TPSA) is 17.0 Å². The van der Waals surface area contributed by atoms with Crippen LogP contribution in [-0.2, 0) is 6.54 Å². The van der Waals surface area contributed by atoms with Crippen LogP contribution in [0, 0.1) is 0 Å². The minimum absolute atomic E-state index is 0.523. The van der Waals surface area contributed by atoms with Gasteiger partial charge in [0.1, 0.15) is 0 Å². The summed E-state index contributed by atoms with van der Waals surface area (Å²) in [5.41, 5.74) is 2.54. The van der Waals surface area contributed by atoms with Crippen LogP contribution in [0.15, 0.2) is 48.8 Å². The summed E-state index contributed by atoms with van der Waals surface area (Å²) in [6, 6.07) is 13.2. The van der Waals surface area contributed by atoms with Gasteiger partial charge >= 0.3 is 0 Å². The zero-order valence-corrected chi connectivity index (χ0v) is 9.85. The Balaban J connectivity index is 2.14. The van der Waals surface area contributed by atoms with Gasteiger partial charge in [0.05, 0.1) is 0 Å². The van der Waals surface area contributed by atoms with E-state index in [2.05, 4.69) is 60.4 Å². The molecular weight excluding hydrogens is 196 g/mol. The molecule has 16 heavy (non-hydrogen) atoms. The Bertz CT molecular complexity index is 430. The molecule has 1 aromatic heterocycles. The Labute approximate surface area is 96.9 Å². The molecule has 0 aliphatic carbocycles. The lowest BCUT2D eigenvalue weighted by Crippen LogP contribution is -2.21. The highest BCUT2D eigenvalue weighted by Crippen LogP contribution is 2.10. The minimum atomic E-state index is 0.523. The summed E-state index contributed by atoms with van der Waals surface area (Å²) < 4.78 is 2.12. The molecule has 0 aliphatic rings. The molecular formula is C14H18N2. The van der Waals surface area contributed by atoms with Crippen LogP contribution in [0.25, 0.3) is 5.69 Å². The third-order valence-electron chi connectivity index (χ3n) is 2.53. The monoisotopic (exact) mass is 214 g/mol. The van der Waals surface area contributed by atoms with Crippen molar-refractivity contribution < 1.29 is 0 Å². The second-order valence-corrected chi connectivity index (χ2v) is 4.30. The van der Waals surface area contributed by atoms with E-state index in [1.54, 1.807) is 0 Å². The molecule has 1 N–H and O–H groups in total. The Morgan fingerprint density at radius 2 is 1.88 bits per heavy atom. The normalized spacial score (nSPS) is 10.9. The number of hydrogen-bond donors (Lipinski definition) is 1. The first kappa shape index (κ1) is 11.0. The van der Waals surface area contributed by atoms with Gasteiger partial charge in [0.2, 0.25) is 0 Å². The summed E-state index contributed by atoms with van der Waals surface area (Å²) in [6.45, 7) is 5.25. The molecule has 0 radical (unpaired) electrons. The predicted molar refractivity (Wildman–Crippen MR) is 67.7 cm³/mol. The van der Waals surface area contributed by atoms with Crippen LogP contribution < -0.4 is 5.32 Å². The van der Waals surface area contributed by atoms with E-state index in [9.17, 15) is 0 Å². The summed E-state index contributed by atoms with van der Waals surface area (Å²) in [6.07, 6.45) is 4.13. The SMILES string of the molecule is CC(C)NCc1cccc(-n2cccc2)c1. The number of nitrogens with one attached hydrogen (secondary N) is 1. The highest BCUT2D eigenvalue weighted by atomic mass is 14.9. The highest BCUT2D eigenvalue weighted by molar-refractivity contribution is 5.36. The molecule has 1 heterocycles. The number of rotatable bonds is 4. The molecule has 0 atom stereocenters. The number of benzene rings is 1. The van der Waals surface area contributed by atoms with Crippen molar-refractivity contribution in [3.63, 3.8) is 0 Å². The second-order valence-electron chi connectivity index (χ2n) is 4.30. The fourth-order valence-corrected chi connectivity index (χ4v) is 1.66. The van der Waals surface area contributed by atoms with E-state index in [-0.39, 0.29) is 0 Å². The lowest BCUT2D eigenvalue weighted by molar-refractivity contribution is 0.589. The van der Waals surface area contributed by atoms with Crippen molar-refractivity contribution in [1.29, 1.82) is 0 Å². The summed E-state index contributed by atoms with van der Waals surface area (Å²) in [4.78, 5) is 0. The van der Waals surface area contributed by atoms with E-state index in [0.29, 0.717) is 6.04 Å². The molecule has 2 rings (SSSR count). The van der Waals surface area contributed by atoms with Gasteiger partial charge in [-0.25, -0.2) is 0 Å². The molecule has 0 fully saturated rings. The van der Waals surface area contributed by atoms with Crippen LogP contribution in [0.2, 0.25) is 0 Å². The fourth-order valence-electron chi connectivity index (χ4n) is 1.66. The maximum atomic E-state index is 3.43.